The average Bonchev–Trinajstić information content (AvgIpc) is 2.67. The van der Waals surface area contributed by atoms with Crippen molar-refractivity contribution in [1.29, 1.82) is 0 Å². The van der Waals surface area contributed by atoms with Crippen LogP contribution in [0.25, 0.3) is 0 Å². The van der Waals surface area contributed by atoms with E-state index in [-0.39, 0.29) is 12.1 Å². The molecule has 0 saturated heterocycles. The maximum absolute atomic E-state index is 13.1. The second-order valence-corrected chi connectivity index (χ2v) is 5.11. The predicted octanol–water partition coefficient (Wildman–Crippen LogP) is 1.90. The van der Waals surface area contributed by atoms with Crippen molar-refractivity contribution < 1.29 is 17.9 Å². The van der Waals surface area contributed by atoms with Gasteiger partial charge in [-0.2, -0.15) is 13.2 Å². The summed E-state index contributed by atoms with van der Waals surface area (Å²) in [6.07, 6.45) is -2.45. The SMILES string of the molecule is COC1CC(n2c(C(F)(F)F)nc3c2CCNC3)C1. The van der Waals surface area contributed by atoms with Crippen molar-refractivity contribution in [2.75, 3.05) is 13.7 Å². The van der Waals surface area contributed by atoms with Crippen LogP contribution in [-0.4, -0.2) is 29.3 Å². The topological polar surface area (TPSA) is 39.1 Å². The molecule has 0 spiro atoms. The Labute approximate surface area is 109 Å². The molecular formula is C12H16F3N3O. The van der Waals surface area contributed by atoms with Crippen molar-refractivity contribution in [2.45, 2.75) is 44.1 Å². The Morgan fingerprint density at radius 3 is 2.74 bits per heavy atom. The summed E-state index contributed by atoms with van der Waals surface area (Å²) in [5, 5.41) is 3.06. The number of halogens is 3. The van der Waals surface area contributed by atoms with Crippen LogP contribution in [0.15, 0.2) is 0 Å². The molecule has 3 rings (SSSR count). The van der Waals surface area contributed by atoms with Crippen molar-refractivity contribution in [3.63, 3.8) is 0 Å². The molecule has 0 amide bonds. The summed E-state index contributed by atoms with van der Waals surface area (Å²) < 4.78 is 45.9. The minimum absolute atomic E-state index is 0.0749. The molecule has 0 aromatic carbocycles. The number of hydrogen-bond donors (Lipinski definition) is 1. The minimum atomic E-state index is -4.39. The van der Waals surface area contributed by atoms with Crippen LogP contribution in [0.2, 0.25) is 0 Å². The van der Waals surface area contributed by atoms with Crippen LogP contribution in [0.3, 0.4) is 0 Å². The average molecular weight is 275 g/mol. The molecule has 1 N–H and O–H groups in total. The van der Waals surface area contributed by atoms with E-state index in [0.717, 1.165) is 5.69 Å². The third kappa shape index (κ3) is 2.14. The van der Waals surface area contributed by atoms with Crippen molar-refractivity contribution in [2.24, 2.45) is 0 Å². The Balaban J connectivity index is 1.98. The molecule has 7 heteroatoms. The summed E-state index contributed by atoms with van der Waals surface area (Å²) in [6.45, 7) is 1.13. The van der Waals surface area contributed by atoms with Crippen molar-refractivity contribution >= 4 is 0 Å². The molecule has 0 bridgehead atoms. The lowest BCUT2D eigenvalue weighted by molar-refractivity contribution is -0.150. The highest BCUT2D eigenvalue weighted by atomic mass is 19.4. The van der Waals surface area contributed by atoms with Crippen LogP contribution >= 0.6 is 0 Å². The molecule has 1 aromatic rings. The summed E-state index contributed by atoms with van der Waals surface area (Å²) in [6, 6.07) is -0.129. The number of rotatable bonds is 2. The van der Waals surface area contributed by atoms with E-state index in [1.807, 2.05) is 0 Å². The fraction of sp³-hybridized carbons (Fsp3) is 0.750. The molecule has 1 aromatic heterocycles. The summed E-state index contributed by atoms with van der Waals surface area (Å²) in [4.78, 5) is 3.81. The monoisotopic (exact) mass is 275 g/mol. The standard InChI is InChI=1S/C12H16F3N3O/c1-19-8-4-7(5-8)18-10-2-3-16-6-9(10)17-11(18)12(13,14)15/h7-8,16H,2-6H2,1H3. The second-order valence-electron chi connectivity index (χ2n) is 5.11. The first-order valence-corrected chi connectivity index (χ1v) is 6.41. The smallest absolute Gasteiger partial charge is 0.381 e. The maximum atomic E-state index is 13.1. The highest BCUT2D eigenvalue weighted by Crippen LogP contribution is 2.41. The van der Waals surface area contributed by atoms with Gasteiger partial charge in [0.1, 0.15) is 0 Å². The summed E-state index contributed by atoms with van der Waals surface area (Å²) in [7, 11) is 1.60. The molecule has 1 aliphatic carbocycles. The third-order valence-corrected chi connectivity index (χ3v) is 3.95. The Morgan fingerprint density at radius 2 is 2.11 bits per heavy atom. The van der Waals surface area contributed by atoms with E-state index in [4.69, 9.17) is 4.74 Å². The first-order valence-electron chi connectivity index (χ1n) is 6.41. The van der Waals surface area contributed by atoms with Crippen molar-refractivity contribution in [1.82, 2.24) is 14.9 Å². The molecule has 4 nitrogen and oxygen atoms in total. The number of fused-ring (bicyclic) bond motifs is 1. The molecule has 0 unspecified atom stereocenters. The Bertz CT molecular complexity index is 477. The molecule has 2 aliphatic rings. The normalized spacial score (nSPS) is 26.9. The van der Waals surface area contributed by atoms with E-state index in [9.17, 15) is 13.2 Å². The van der Waals surface area contributed by atoms with Gasteiger partial charge in [0.2, 0.25) is 5.82 Å². The number of alkyl halides is 3. The minimum Gasteiger partial charge on any atom is -0.381 e. The first kappa shape index (κ1) is 12.9. The summed E-state index contributed by atoms with van der Waals surface area (Å²) >= 11 is 0. The maximum Gasteiger partial charge on any atom is 0.449 e. The number of nitrogens with one attached hydrogen (secondary N) is 1. The fourth-order valence-corrected chi connectivity index (χ4v) is 2.87. The van der Waals surface area contributed by atoms with Crippen LogP contribution in [0.5, 0.6) is 0 Å². The Kier molecular flexibility index (Phi) is 3.05. The lowest BCUT2D eigenvalue weighted by atomic mass is 9.88. The van der Waals surface area contributed by atoms with Gasteiger partial charge in [0.25, 0.3) is 0 Å². The van der Waals surface area contributed by atoms with Gasteiger partial charge in [0.05, 0.1) is 11.8 Å². The summed E-state index contributed by atoms with van der Waals surface area (Å²) in [5.74, 6) is -0.749. The highest BCUT2D eigenvalue weighted by Gasteiger charge is 2.43. The van der Waals surface area contributed by atoms with Gasteiger partial charge >= 0.3 is 6.18 Å². The van der Waals surface area contributed by atoms with Crippen LogP contribution in [0.4, 0.5) is 13.2 Å². The Morgan fingerprint density at radius 1 is 1.37 bits per heavy atom. The molecular weight excluding hydrogens is 259 g/mol. The third-order valence-electron chi connectivity index (χ3n) is 3.95. The zero-order valence-corrected chi connectivity index (χ0v) is 10.6. The van der Waals surface area contributed by atoms with Crippen LogP contribution < -0.4 is 5.32 Å². The predicted molar refractivity (Wildman–Crippen MR) is 61.7 cm³/mol. The van der Waals surface area contributed by atoms with E-state index in [1.54, 1.807) is 7.11 Å². The molecule has 1 fully saturated rings. The van der Waals surface area contributed by atoms with Gasteiger partial charge in [-0.1, -0.05) is 0 Å². The van der Waals surface area contributed by atoms with E-state index < -0.39 is 12.0 Å². The molecule has 1 aliphatic heterocycles. The molecule has 2 heterocycles. The lowest BCUT2D eigenvalue weighted by Crippen LogP contribution is -2.36. The molecule has 0 radical (unpaired) electrons. The zero-order valence-electron chi connectivity index (χ0n) is 10.6. The molecule has 19 heavy (non-hydrogen) atoms. The zero-order chi connectivity index (χ0) is 13.6. The number of nitrogens with zero attached hydrogens (tertiary/aromatic N) is 2. The molecule has 0 atom stereocenters. The first-order chi connectivity index (χ1) is 9.00. The van der Waals surface area contributed by atoms with E-state index in [2.05, 4.69) is 10.3 Å². The van der Waals surface area contributed by atoms with Gasteiger partial charge in [0, 0.05) is 38.4 Å². The van der Waals surface area contributed by atoms with Gasteiger partial charge in [-0.15, -0.1) is 0 Å². The fourth-order valence-electron chi connectivity index (χ4n) is 2.87. The van der Waals surface area contributed by atoms with E-state index >= 15 is 0 Å². The quantitative estimate of drug-likeness (QED) is 0.896. The number of imidazole rings is 1. The van der Waals surface area contributed by atoms with Crippen LogP contribution in [-0.2, 0) is 23.9 Å². The van der Waals surface area contributed by atoms with E-state index in [0.29, 0.717) is 38.0 Å². The molecule has 1 saturated carbocycles. The van der Waals surface area contributed by atoms with Gasteiger partial charge in [-0.25, -0.2) is 4.98 Å². The summed E-state index contributed by atoms with van der Waals surface area (Å²) in [5.41, 5.74) is 1.28. The number of aromatic nitrogens is 2. The second kappa shape index (κ2) is 4.49. The van der Waals surface area contributed by atoms with Gasteiger partial charge in [0.15, 0.2) is 0 Å². The number of hydrogen-bond acceptors (Lipinski definition) is 3. The number of ether oxygens (including phenoxy) is 1. The highest BCUT2D eigenvalue weighted by molar-refractivity contribution is 5.23. The largest absolute Gasteiger partial charge is 0.449 e. The van der Waals surface area contributed by atoms with E-state index in [1.165, 1.54) is 4.57 Å². The molecule has 106 valence electrons. The van der Waals surface area contributed by atoms with Gasteiger partial charge in [-0.05, 0) is 12.8 Å². The van der Waals surface area contributed by atoms with Crippen LogP contribution in [0.1, 0.15) is 36.1 Å². The number of methoxy groups -OCH3 is 1. The Hall–Kier alpha value is -1.08. The van der Waals surface area contributed by atoms with Crippen LogP contribution in [0, 0.1) is 0 Å². The van der Waals surface area contributed by atoms with Gasteiger partial charge in [-0.3, -0.25) is 0 Å². The van der Waals surface area contributed by atoms with Crippen molar-refractivity contribution in [3.05, 3.63) is 17.2 Å². The lowest BCUT2D eigenvalue weighted by Gasteiger charge is -2.37. The van der Waals surface area contributed by atoms with Crippen molar-refractivity contribution in [3.8, 4) is 0 Å². The van der Waals surface area contributed by atoms with Gasteiger partial charge < -0.3 is 14.6 Å².